The molecular weight excluding hydrogens is 230 g/mol. The Morgan fingerprint density at radius 1 is 1.21 bits per heavy atom. The van der Waals surface area contributed by atoms with Crippen molar-refractivity contribution in [3.05, 3.63) is 11.8 Å². The van der Waals surface area contributed by atoms with Gasteiger partial charge in [0.05, 0.1) is 0 Å². The van der Waals surface area contributed by atoms with Gasteiger partial charge >= 0.3 is 0 Å². The predicted molar refractivity (Wildman–Crippen MR) is 84.1 cm³/mol. The summed E-state index contributed by atoms with van der Waals surface area (Å²) in [4.78, 5) is 2.75. The fourth-order valence-corrected chi connectivity index (χ4v) is 3.88. The van der Waals surface area contributed by atoms with Crippen molar-refractivity contribution < 1.29 is 0 Å². The Balaban J connectivity index is 2.00. The lowest BCUT2D eigenvalue weighted by molar-refractivity contribution is 0.149. The van der Waals surface area contributed by atoms with Crippen LogP contribution in [0.3, 0.4) is 0 Å². The Kier molecular flexibility index (Phi) is 4.97. The average Bonchev–Trinajstić information content (AvgIpc) is 2.47. The predicted octanol–water partition coefficient (Wildman–Crippen LogP) is 5.37. The van der Waals surface area contributed by atoms with Gasteiger partial charge in [0.15, 0.2) is 0 Å². The van der Waals surface area contributed by atoms with Crippen LogP contribution < -0.4 is 0 Å². The molecule has 0 saturated carbocycles. The first-order valence-corrected chi connectivity index (χ1v) is 8.54. The molecule has 19 heavy (non-hydrogen) atoms. The molecule has 110 valence electrons. The van der Waals surface area contributed by atoms with Crippen molar-refractivity contribution in [2.75, 3.05) is 6.54 Å². The van der Waals surface area contributed by atoms with Crippen LogP contribution in [-0.2, 0) is 0 Å². The molecule has 2 unspecified atom stereocenters. The van der Waals surface area contributed by atoms with Crippen molar-refractivity contribution >= 4 is 0 Å². The van der Waals surface area contributed by atoms with E-state index in [9.17, 15) is 0 Å². The molecule has 2 atom stereocenters. The highest BCUT2D eigenvalue weighted by Gasteiger charge is 2.31. The average molecular weight is 263 g/mol. The molecule has 1 aliphatic heterocycles. The van der Waals surface area contributed by atoms with Gasteiger partial charge in [-0.1, -0.05) is 40.2 Å². The van der Waals surface area contributed by atoms with Crippen molar-refractivity contribution in [3.63, 3.8) is 0 Å². The summed E-state index contributed by atoms with van der Waals surface area (Å²) >= 11 is 0. The molecule has 0 bridgehead atoms. The summed E-state index contributed by atoms with van der Waals surface area (Å²) in [5.74, 6) is 0.895. The number of allylic oxidation sites excluding steroid dienone is 2. The summed E-state index contributed by atoms with van der Waals surface area (Å²) in [6.45, 7) is 10.9. The third kappa shape index (κ3) is 3.35. The maximum absolute atomic E-state index is 2.75. The molecule has 1 aliphatic carbocycles. The molecule has 0 spiro atoms. The zero-order valence-electron chi connectivity index (χ0n) is 13.5. The third-order valence-electron chi connectivity index (χ3n) is 5.87. The second-order valence-electron chi connectivity index (χ2n) is 7.26. The minimum atomic E-state index is 0.522. The van der Waals surface area contributed by atoms with Crippen LogP contribution in [0, 0.1) is 11.3 Å². The molecule has 1 heteroatoms. The normalized spacial score (nSPS) is 29.3. The molecule has 0 N–H and O–H groups in total. The number of rotatable bonds is 4. The summed E-state index contributed by atoms with van der Waals surface area (Å²) in [5.41, 5.74) is 2.20. The van der Waals surface area contributed by atoms with E-state index in [1.807, 2.05) is 0 Å². The standard InChI is InChI=1S/C18H33N/c1-5-16-9-7-8-14-19(16)17-12-10-15(11-13-17)18(3,4)6-2/h12,15-16H,5-11,13-14H2,1-4H3. The second kappa shape index (κ2) is 6.33. The zero-order chi connectivity index (χ0) is 13.9. The fraction of sp³-hybridized carbons (Fsp3) is 0.889. The lowest BCUT2D eigenvalue weighted by Crippen LogP contribution is -2.39. The highest BCUT2D eigenvalue weighted by molar-refractivity contribution is 5.09. The first-order valence-electron chi connectivity index (χ1n) is 8.54. The molecule has 0 radical (unpaired) electrons. The zero-order valence-corrected chi connectivity index (χ0v) is 13.5. The molecule has 0 aromatic heterocycles. The maximum atomic E-state index is 2.75. The maximum Gasteiger partial charge on any atom is 0.0284 e. The Morgan fingerprint density at radius 3 is 2.58 bits per heavy atom. The van der Waals surface area contributed by atoms with E-state index in [1.54, 1.807) is 5.70 Å². The largest absolute Gasteiger partial charge is 0.372 e. The monoisotopic (exact) mass is 263 g/mol. The van der Waals surface area contributed by atoms with Crippen LogP contribution in [0.25, 0.3) is 0 Å². The Bertz CT molecular complexity index is 316. The van der Waals surface area contributed by atoms with E-state index >= 15 is 0 Å². The van der Waals surface area contributed by atoms with E-state index in [2.05, 4.69) is 38.7 Å². The molecular formula is C18H33N. The van der Waals surface area contributed by atoms with Gasteiger partial charge in [-0.2, -0.15) is 0 Å². The lowest BCUT2D eigenvalue weighted by atomic mass is 9.71. The van der Waals surface area contributed by atoms with Gasteiger partial charge in [0.2, 0.25) is 0 Å². The Hall–Kier alpha value is -0.460. The van der Waals surface area contributed by atoms with Crippen LogP contribution >= 0.6 is 0 Å². The molecule has 1 heterocycles. The third-order valence-corrected chi connectivity index (χ3v) is 5.87. The van der Waals surface area contributed by atoms with Gasteiger partial charge in [-0.3, -0.25) is 0 Å². The molecule has 0 amide bonds. The Labute approximate surface area is 120 Å². The molecule has 2 rings (SSSR count). The number of hydrogen-bond donors (Lipinski definition) is 0. The topological polar surface area (TPSA) is 3.24 Å². The smallest absolute Gasteiger partial charge is 0.0284 e. The molecule has 0 aromatic rings. The fourth-order valence-electron chi connectivity index (χ4n) is 3.88. The van der Waals surface area contributed by atoms with Crippen LogP contribution in [0.15, 0.2) is 11.8 Å². The summed E-state index contributed by atoms with van der Waals surface area (Å²) in [7, 11) is 0. The van der Waals surface area contributed by atoms with Crippen LogP contribution in [0.1, 0.15) is 79.1 Å². The van der Waals surface area contributed by atoms with Gasteiger partial charge < -0.3 is 4.90 Å². The minimum Gasteiger partial charge on any atom is -0.372 e. The van der Waals surface area contributed by atoms with E-state index in [4.69, 9.17) is 0 Å². The van der Waals surface area contributed by atoms with E-state index in [-0.39, 0.29) is 0 Å². The van der Waals surface area contributed by atoms with Crippen molar-refractivity contribution in [1.82, 2.24) is 4.90 Å². The van der Waals surface area contributed by atoms with Gasteiger partial charge in [-0.25, -0.2) is 0 Å². The SMILES string of the molecule is CCC1CCCCN1C1=CCC(C(C)(C)CC)CC1. The van der Waals surface area contributed by atoms with Crippen LogP contribution in [0.5, 0.6) is 0 Å². The second-order valence-corrected chi connectivity index (χ2v) is 7.26. The Morgan fingerprint density at radius 2 is 2.00 bits per heavy atom. The van der Waals surface area contributed by atoms with Crippen LogP contribution in [-0.4, -0.2) is 17.5 Å². The summed E-state index contributed by atoms with van der Waals surface area (Å²) in [6.07, 6.45) is 13.5. The van der Waals surface area contributed by atoms with E-state index < -0.39 is 0 Å². The van der Waals surface area contributed by atoms with Gasteiger partial charge in [-0.15, -0.1) is 0 Å². The van der Waals surface area contributed by atoms with E-state index in [1.165, 1.54) is 57.9 Å². The van der Waals surface area contributed by atoms with Crippen molar-refractivity contribution in [2.24, 2.45) is 11.3 Å². The molecule has 1 fully saturated rings. The van der Waals surface area contributed by atoms with Gasteiger partial charge in [0.25, 0.3) is 0 Å². The van der Waals surface area contributed by atoms with Gasteiger partial charge in [-0.05, 0) is 56.3 Å². The van der Waals surface area contributed by atoms with E-state index in [0.717, 1.165) is 12.0 Å². The summed E-state index contributed by atoms with van der Waals surface area (Å²) in [5, 5.41) is 0. The van der Waals surface area contributed by atoms with Crippen LogP contribution in [0.2, 0.25) is 0 Å². The first-order chi connectivity index (χ1) is 9.08. The van der Waals surface area contributed by atoms with Gasteiger partial charge in [0, 0.05) is 18.3 Å². The number of nitrogens with zero attached hydrogens (tertiary/aromatic N) is 1. The highest BCUT2D eigenvalue weighted by atomic mass is 15.2. The van der Waals surface area contributed by atoms with Crippen molar-refractivity contribution in [1.29, 1.82) is 0 Å². The molecule has 1 nitrogen and oxygen atoms in total. The minimum absolute atomic E-state index is 0.522. The number of piperidine rings is 1. The summed E-state index contributed by atoms with van der Waals surface area (Å²) in [6, 6.07) is 0.829. The number of hydrogen-bond acceptors (Lipinski definition) is 1. The highest BCUT2D eigenvalue weighted by Crippen LogP contribution is 2.41. The lowest BCUT2D eigenvalue weighted by Gasteiger charge is -2.43. The van der Waals surface area contributed by atoms with Crippen molar-refractivity contribution in [3.8, 4) is 0 Å². The van der Waals surface area contributed by atoms with Gasteiger partial charge in [0.1, 0.15) is 0 Å². The number of likely N-dealkylation sites (tertiary alicyclic amines) is 1. The first kappa shape index (κ1) is 14.9. The molecule has 0 aromatic carbocycles. The molecule has 1 saturated heterocycles. The van der Waals surface area contributed by atoms with Crippen LogP contribution in [0.4, 0.5) is 0 Å². The summed E-state index contributed by atoms with van der Waals surface area (Å²) < 4.78 is 0. The quantitative estimate of drug-likeness (QED) is 0.659. The van der Waals surface area contributed by atoms with Crippen molar-refractivity contribution in [2.45, 2.75) is 85.1 Å². The molecule has 2 aliphatic rings. The van der Waals surface area contributed by atoms with E-state index in [0.29, 0.717) is 5.41 Å².